The summed E-state index contributed by atoms with van der Waals surface area (Å²) in [6.45, 7) is 2.68. The van der Waals surface area contributed by atoms with Crippen LogP contribution in [0.2, 0.25) is 0 Å². The van der Waals surface area contributed by atoms with Crippen molar-refractivity contribution in [1.29, 1.82) is 0 Å². The van der Waals surface area contributed by atoms with Crippen molar-refractivity contribution in [3.8, 4) is 16.9 Å². The van der Waals surface area contributed by atoms with Crippen LogP contribution >= 0.6 is 0 Å². The van der Waals surface area contributed by atoms with E-state index in [0.29, 0.717) is 24.3 Å². The average Bonchev–Trinajstić information content (AvgIpc) is 3.23. The number of nitro groups is 1. The lowest BCUT2D eigenvalue weighted by atomic mass is 10.0. The van der Waals surface area contributed by atoms with Gasteiger partial charge < -0.3 is 10.2 Å². The first-order valence-corrected chi connectivity index (χ1v) is 10.8. The van der Waals surface area contributed by atoms with E-state index in [1.807, 2.05) is 41.4 Å². The molecule has 4 rings (SSSR count). The Labute approximate surface area is 191 Å². The van der Waals surface area contributed by atoms with Gasteiger partial charge in [0.05, 0.1) is 22.7 Å². The molecular weight excluding hydrogens is 422 g/mol. The minimum Gasteiger partial charge on any atom is -0.353 e. The van der Waals surface area contributed by atoms with Crippen LogP contribution in [0.3, 0.4) is 0 Å². The van der Waals surface area contributed by atoms with Crippen LogP contribution in [0.1, 0.15) is 25.3 Å². The van der Waals surface area contributed by atoms with Crippen molar-refractivity contribution in [2.24, 2.45) is 0 Å². The minimum absolute atomic E-state index is 0.000842. The fourth-order valence-corrected chi connectivity index (χ4v) is 4.07. The Morgan fingerprint density at radius 3 is 2.36 bits per heavy atom. The molecule has 0 atom stereocenters. The molecule has 2 aromatic carbocycles. The van der Waals surface area contributed by atoms with Crippen LogP contribution in [0.5, 0.6) is 0 Å². The fourth-order valence-electron chi connectivity index (χ4n) is 4.07. The SMILES string of the molecule is CC(=O)NC1CCN(C(=O)Cc2cn(-c3ccccc3)nc2-c2ccc([N+](=O)[O-])cc2)CC1. The number of hydrogen-bond acceptors (Lipinski definition) is 5. The molecule has 33 heavy (non-hydrogen) atoms. The highest BCUT2D eigenvalue weighted by Gasteiger charge is 2.25. The standard InChI is InChI=1S/C24H25N5O4/c1-17(30)25-20-11-13-27(14-12-20)23(31)15-19-16-28(21-5-3-2-4-6-21)26-24(19)18-7-9-22(10-8-18)29(32)33/h2-10,16,20H,11-15H2,1H3,(H,25,30). The Kier molecular flexibility index (Phi) is 6.48. The molecule has 3 aromatic rings. The third-order valence-electron chi connectivity index (χ3n) is 5.76. The Bertz CT molecular complexity index is 1150. The molecule has 1 aliphatic rings. The smallest absolute Gasteiger partial charge is 0.269 e. The highest BCUT2D eigenvalue weighted by atomic mass is 16.6. The molecule has 0 bridgehead atoms. The summed E-state index contributed by atoms with van der Waals surface area (Å²) in [7, 11) is 0. The second-order valence-corrected chi connectivity index (χ2v) is 8.12. The predicted molar refractivity (Wildman–Crippen MR) is 123 cm³/mol. The highest BCUT2D eigenvalue weighted by molar-refractivity contribution is 5.81. The van der Waals surface area contributed by atoms with E-state index >= 15 is 0 Å². The van der Waals surface area contributed by atoms with Crippen molar-refractivity contribution in [2.75, 3.05) is 13.1 Å². The van der Waals surface area contributed by atoms with Gasteiger partial charge in [0.25, 0.3) is 5.69 Å². The van der Waals surface area contributed by atoms with E-state index in [0.717, 1.165) is 24.1 Å². The van der Waals surface area contributed by atoms with Crippen molar-refractivity contribution >= 4 is 17.5 Å². The summed E-state index contributed by atoms with van der Waals surface area (Å²) in [6.07, 6.45) is 3.46. The van der Waals surface area contributed by atoms with Crippen LogP contribution < -0.4 is 5.32 Å². The zero-order valence-corrected chi connectivity index (χ0v) is 18.3. The summed E-state index contributed by atoms with van der Waals surface area (Å²) in [5.41, 5.74) is 2.94. The van der Waals surface area contributed by atoms with Gasteiger partial charge in [-0.2, -0.15) is 5.10 Å². The van der Waals surface area contributed by atoms with Crippen LogP contribution in [0.4, 0.5) is 5.69 Å². The van der Waals surface area contributed by atoms with Gasteiger partial charge in [-0.05, 0) is 37.1 Å². The minimum atomic E-state index is -0.443. The summed E-state index contributed by atoms with van der Waals surface area (Å²) in [5, 5.41) is 18.6. The van der Waals surface area contributed by atoms with Gasteiger partial charge in [0, 0.05) is 55.5 Å². The monoisotopic (exact) mass is 447 g/mol. The Balaban J connectivity index is 1.57. The fraction of sp³-hybridized carbons (Fsp3) is 0.292. The van der Waals surface area contributed by atoms with E-state index in [-0.39, 0.29) is 30.0 Å². The number of carbonyl (C=O) groups is 2. The third kappa shape index (κ3) is 5.25. The normalized spacial score (nSPS) is 14.2. The summed E-state index contributed by atoms with van der Waals surface area (Å²) in [5.74, 6) is -0.0621. The number of para-hydroxylation sites is 1. The average molecular weight is 447 g/mol. The Morgan fingerprint density at radius 2 is 1.76 bits per heavy atom. The first-order valence-electron chi connectivity index (χ1n) is 10.8. The maximum Gasteiger partial charge on any atom is 0.269 e. The predicted octanol–water partition coefficient (Wildman–Crippen LogP) is 3.12. The molecule has 0 radical (unpaired) electrons. The molecule has 1 aliphatic heterocycles. The van der Waals surface area contributed by atoms with Crippen LogP contribution in [0.25, 0.3) is 16.9 Å². The van der Waals surface area contributed by atoms with Gasteiger partial charge in [0.2, 0.25) is 11.8 Å². The summed E-state index contributed by atoms with van der Waals surface area (Å²) in [6, 6.07) is 15.9. The van der Waals surface area contributed by atoms with Crippen LogP contribution in [0.15, 0.2) is 60.8 Å². The van der Waals surface area contributed by atoms with Crippen molar-refractivity contribution in [3.63, 3.8) is 0 Å². The van der Waals surface area contributed by atoms with Gasteiger partial charge in [0.15, 0.2) is 0 Å². The molecule has 170 valence electrons. The number of nitrogens with one attached hydrogen (secondary N) is 1. The molecule has 1 fully saturated rings. The number of nitro benzene ring substituents is 1. The van der Waals surface area contributed by atoms with E-state index in [9.17, 15) is 19.7 Å². The molecule has 9 heteroatoms. The molecule has 0 unspecified atom stereocenters. The molecule has 2 heterocycles. The van der Waals surface area contributed by atoms with Gasteiger partial charge in [-0.25, -0.2) is 4.68 Å². The Morgan fingerprint density at radius 1 is 1.09 bits per heavy atom. The van der Waals surface area contributed by atoms with Crippen LogP contribution in [-0.4, -0.2) is 50.5 Å². The molecule has 2 amide bonds. The number of likely N-dealkylation sites (tertiary alicyclic amines) is 1. The molecule has 1 N–H and O–H groups in total. The molecular formula is C24H25N5O4. The molecule has 9 nitrogen and oxygen atoms in total. The maximum atomic E-state index is 13.1. The largest absolute Gasteiger partial charge is 0.353 e. The Hall–Kier alpha value is -4.01. The third-order valence-corrected chi connectivity index (χ3v) is 5.76. The van der Waals surface area contributed by atoms with E-state index in [2.05, 4.69) is 5.32 Å². The van der Waals surface area contributed by atoms with Gasteiger partial charge in [-0.3, -0.25) is 19.7 Å². The van der Waals surface area contributed by atoms with E-state index in [1.54, 1.807) is 16.8 Å². The van der Waals surface area contributed by atoms with Crippen molar-refractivity contribution < 1.29 is 14.5 Å². The number of hydrogen-bond donors (Lipinski definition) is 1. The first kappa shape index (κ1) is 22.2. The van der Waals surface area contributed by atoms with Crippen molar-refractivity contribution in [3.05, 3.63) is 76.5 Å². The molecule has 0 spiro atoms. The van der Waals surface area contributed by atoms with E-state index in [1.165, 1.54) is 19.1 Å². The summed E-state index contributed by atoms with van der Waals surface area (Å²) in [4.78, 5) is 36.8. The van der Waals surface area contributed by atoms with Crippen LogP contribution in [0, 0.1) is 10.1 Å². The number of rotatable bonds is 6. The first-order chi connectivity index (χ1) is 15.9. The zero-order chi connectivity index (χ0) is 23.4. The zero-order valence-electron chi connectivity index (χ0n) is 18.3. The lowest BCUT2D eigenvalue weighted by Crippen LogP contribution is -2.46. The van der Waals surface area contributed by atoms with Crippen LogP contribution in [-0.2, 0) is 16.0 Å². The number of carbonyl (C=O) groups excluding carboxylic acids is 2. The topological polar surface area (TPSA) is 110 Å². The number of aromatic nitrogens is 2. The highest BCUT2D eigenvalue weighted by Crippen LogP contribution is 2.27. The van der Waals surface area contributed by atoms with Crippen molar-refractivity contribution in [2.45, 2.75) is 32.2 Å². The lowest BCUT2D eigenvalue weighted by Gasteiger charge is -2.32. The summed E-state index contributed by atoms with van der Waals surface area (Å²) >= 11 is 0. The molecule has 0 saturated carbocycles. The van der Waals surface area contributed by atoms with Gasteiger partial charge in [0.1, 0.15) is 0 Å². The number of benzene rings is 2. The van der Waals surface area contributed by atoms with Gasteiger partial charge >= 0.3 is 0 Å². The number of piperidine rings is 1. The van der Waals surface area contributed by atoms with Gasteiger partial charge in [-0.15, -0.1) is 0 Å². The second kappa shape index (κ2) is 9.64. The summed E-state index contributed by atoms with van der Waals surface area (Å²) < 4.78 is 1.72. The quantitative estimate of drug-likeness (QED) is 0.461. The molecule has 0 aliphatic carbocycles. The number of nitrogens with zero attached hydrogens (tertiary/aromatic N) is 4. The van der Waals surface area contributed by atoms with E-state index in [4.69, 9.17) is 5.10 Å². The number of non-ortho nitro benzene ring substituents is 1. The molecule has 1 saturated heterocycles. The molecule has 1 aromatic heterocycles. The number of amides is 2. The maximum absolute atomic E-state index is 13.1. The van der Waals surface area contributed by atoms with E-state index < -0.39 is 4.92 Å². The second-order valence-electron chi connectivity index (χ2n) is 8.12. The lowest BCUT2D eigenvalue weighted by molar-refractivity contribution is -0.384. The van der Waals surface area contributed by atoms with Crippen molar-refractivity contribution in [1.82, 2.24) is 20.0 Å². The van der Waals surface area contributed by atoms with Gasteiger partial charge in [-0.1, -0.05) is 18.2 Å².